The SMILES string of the molecule is [2H]C1([2H])N(C(=O)c2ccc(F)c(Cl)c2)C([2H])([2H])C([2H])([2H])C(F)(C(O)C#N)C1([2H])[2H].[2H]C1([2H])N(C(=O)c2ccc(F)c(Cl)c2)C([2H])([2H])C([2H])([2H])C2(OC2C#N)C1([2H])[2H]. The van der Waals surface area contributed by atoms with E-state index in [4.69, 9.17) is 60.4 Å². The Hall–Kier alpha value is -3.35. The fourth-order valence-corrected chi connectivity index (χ4v) is 3.44. The van der Waals surface area contributed by atoms with Crippen LogP contribution < -0.4 is 0 Å². The third-order valence-electron chi connectivity index (χ3n) is 5.38. The van der Waals surface area contributed by atoms with Crippen LogP contribution in [0.2, 0.25) is 10.0 Å². The van der Waals surface area contributed by atoms with E-state index in [2.05, 4.69) is 0 Å². The fraction of sp³-hybridized carbons (Fsp3) is 0.429. The van der Waals surface area contributed by atoms with E-state index < -0.39 is 124 Å². The normalized spacial score (nSPS) is 36.7. The van der Waals surface area contributed by atoms with Crippen molar-refractivity contribution in [3.63, 3.8) is 0 Å². The number of ether oxygens (including phenoxy) is 1. The van der Waals surface area contributed by atoms with Crippen LogP contribution >= 0.6 is 23.2 Å². The number of aliphatic hydroxyl groups is 1. The van der Waals surface area contributed by atoms with Gasteiger partial charge in [-0.1, -0.05) is 23.2 Å². The first-order valence-corrected chi connectivity index (χ1v) is 11.7. The number of benzene rings is 2. The number of amides is 2. The van der Waals surface area contributed by atoms with Crippen molar-refractivity contribution in [1.29, 1.82) is 10.5 Å². The molecular formula is C28H25Cl2F3N4O4. The third-order valence-corrected chi connectivity index (χ3v) is 5.96. The van der Waals surface area contributed by atoms with Crippen LogP contribution in [-0.4, -0.2) is 76.2 Å². The summed E-state index contributed by atoms with van der Waals surface area (Å²) in [6.45, 7) is -14.7. The lowest BCUT2D eigenvalue weighted by atomic mass is 9.88. The lowest BCUT2D eigenvalue weighted by molar-refractivity contribution is -0.0201. The van der Waals surface area contributed by atoms with Crippen molar-refractivity contribution in [2.75, 3.05) is 26.0 Å². The van der Waals surface area contributed by atoms with E-state index in [0.29, 0.717) is 12.1 Å². The Morgan fingerprint density at radius 1 is 0.951 bits per heavy atom. The molecule has 0 bridgehead atoms. The number of hydrogen-bond donors (Lipinski definition) is 1. The molecule has 0 radical (unpaired) electrons. The van der Waals surface area contributed by atoms with Crippen molar-refractivity contribution in [2.24, 2.45) is 0 Å². The Morgan fingerprint density at radius 2 is 1.39 bits per heavy atom. The molecule has 3 fully saturated rings. The first-order valence-electron chi connectivity index (χ1n) is 19.0. The number of likely N-dealkylation sites (tertiary alicyclic amines) is 2. The number of nitriles is 2. The highest BCUT2D eigenvalue weighted by Crippen LogP contribution is 2.45. The molecule has 2 aromatic rings. The number of piperidine rings is 2. The maximum absolute atomic E-state index is 15.6. The monoisotopic (exact) mass is 624 g/mol. The summed E-state index contributed by atoms with van der Waals surface area (Å²) in [7, 11) is 0. The van der Waals surface area contributed by atoms with Crippen molar-refractivity contribution in [1.82, 2.24) is 9.80 Å². The van der Waals surface area contributed by atoms with Gasteiger partial charge in [0.05, 0.1) is 22.2 Å². The second-order valence-electron chi connectivity index (χ2n) is 8.09. The summed E-state index contributed by atoms with van der Waals surface area (Å²) in [6, 6.07) is 6.93. The van der Waals surface area contributed by atoms with Gasteiger partial charge in [0.15, 0.2) is 17.9 Å². The van der Waals surface area contributed by atoms with Crippen molar-refractivity contribution in [3.8, 4) is 12.1 Å². The van der Waals surface area contributed by atoms with Crippen molar-refractivity contribution in [2.45, 2.75) is 49.0 Å². The Labute approximate surface area is 266 Å². The van der Waals surface area contributed by atoms with Gasteiger partial charge in [-0.2, -0.15) is 10.5 Å². The van der Waals surface area contributed by atoms with Crippen LogP contribution in [0, 0.1) is 34.3 Å². The molecule has 2 atom stereocenters. The topological polar surface area (TPSA) is 121 Å². The number of alkyl halides is 1. The second-order valence-corrected chi connectivity index (χ2v) is 8.91. The van der Waals surface area contributed by atoms with Gasteiger partial charge in [-0.3, -0.25) is 9.59 Å². The summed E-state index contributed by atoms with van der Waals surface area (Å²) in [5.74, 6) is -4.98. The molecule has 3 aliphatic heterocycles. The van der Waals surface area contributed by atoms with E-state index in [1.165, 1.54) is 6.07 Å². The zero-order valence-corrected chi connectivity index (χ0v) is 21.5. The van der Waals surface area contributed by atoms with E-state index >= 15 is 4.39 Å². The molecule has 1 spiro atoms. The number of nitrogens with zero attached hydrogens (tertiary/aromatic N) is 4. The van der Waals surface area contributed by atoms with Crippen LogP contribution in [-0.2, 0) is 4.74 Å². The van der Waals surface area contributed by atoms with Crippen LogP contribution in [0.4, 0.5) is 13.2 Å². The van der Waals surface area contributed by atoms with Gasteiger partial charge in [-0.05, 0) is 49.1 Å². The molecule has 0 aromatic heterocycles. The number of carbonyl (C=O) groups is 2. The van der Waals surface area contributed by atoms with Crippen molar-refractivity contribution in [3.05, 3.63) is 69.2 Å². The van der Waals surface area contributed by atoms with Crippen molar-refractivity contribution >= 4 is 35.0 Å². The predicted octanol–water partition coefficient (Wildman–Crippen LogP) is 4.68. The van der Waals surface area contributed by atoms with Crippen LogP contribution in [0.5, 0.6) is 0 Å². The number of carbonyl (C=O) groups excluding carboxylic acids is 2. The zero-order chi connectivity index (χ0) is 44.3. The molecule has 216 valence electrons. The number of epoxide rings is 1. The largest absolute Gasteiger partial charge is 0.375 e. The molecule has 0 aliphatic carbocycles. The molecule has 5 rings (SSSR count). The van der Waals surface area contributed by atoms with E-state index in [1.807, 2.05) is 0 Å². The second kappa shape index (κ2) is 12.3. The molecule has 13 heteroatoms. The third kappa shape index (κ3) is 6.60. The van der Waals surface area contributed by atoms with E-state index in [9.17, 15) is 23.5 Å². The van der Waals surface area contributed by atoms with Crippen LogP contribution in [0.15, 0.2) is 36.4 Å². The zero-order valence-electron chi connectivity index (χ0n) is 36.0. The molecule has 1 N–H and O–H groups in total. The summed E-state index contributed by atoms with van der Waals surface area (Å²) in [5, 5.41) is 26.4. The minimum atomic E-state index is -4.42. The number of halogens is 5. The van der Waals surface area contributed by atoms with Crippen LogP contribution in [0.3, 0.4) is 0 Å². The van der Waals surface area contributed by atoms with Gasteiger partial charge in [0, 0.05) is 71.8 Å². The number of hydrogen-bond acceptors (Lipinski definition) is 6. The van der Waals surface area contributed by atoms with Crippen LogP contribution in [0.25, 0.3) is 0 Å². The fourth-order valence-electron chi connectivity index (χ4n) is 3.08. The maximum atomic E-state index is 15.6. The van der Waals surface area contributed by atoms with Gasteiger partial charge in [0.2, 0.25) is 0 Å². The molecule has 41 heavy (non-hydrogen) atoms. The number of rotatable bonds is 3. The highest BCUT2D eigenvalue weighted by Gasteiger charge is 2.58. The predicted molar refractivity (Wildman–Crippen MR) is 142 cm³/mol. The first kappa shape index (κ1) is 15.8. The molecule has 2 amide bonds. The van der Waals surface area contributed by atoms with Gasteiger partial charge >= 0.3 is 0 Å². The van der Waals surface area contributed by atoms with Gasteiger partial charge < -0.3 is 19.6 Å². The Kier molecular flexibility index (Phi) is 4.71. The average molecular weight is 626 g/mol. The van der Waals surface area contributed by atoms with Gasteiger partial charge in [-0.25, -0.2) is 13.2 Å². The smallest absolute Gasteiger partial charge is 0.253 e. The molecule has 0 saturated carbocycles. The number of aliphatic hydroxyl groups excluding tert-OH is 1. The molecule has 3 saturated heterocycles. The summed E-state index contributed by atoms with van der Waals surface area (Å²) in [5.41, 5.74) is -8.30. The molecule has 2 unspecified atom stereocenters. The minimum Gasteiger partial charge on any atom is -0.375 e. The molecular weight excluding hydrogens is 584 g/mol. The van der Waals surface area contributed by atoms with Crippen molar-refractivity contribution < 1.29 is 54.5 Å². The van der Waals surface area contributed by atoms with Crippen LogP contribution in [0.1, 0.15) is 68.1 Å². The highest BCUT2D eigenvalue weighted by molar-refractivity contribution is 6.31. The standard InChI is InChI=1S/C14H13ClF2N2O2.C14H12ClFN2O2/c15-10-7-9(1-2-11(10)16)13(21)19-5-3-14(17,4-6-19)12(20)8-18;15-10-7-9(1-2-11(10)16)13(19)18-5-3-14(4-6-18)12(8-17)20-14/h1-2,7,12,20H,3-6H2;1-2,7,12H,3-6H2/i2*3D2,4D2,5D2,6D2. The maximum Gasteiger partial charge on any atom is 0.253 e. The van der Waals surface area contributed by atoms with E-state index in [1.54, 1.807) is 0 Å². The summed E-state index contributed by atoms with van der Waals surface area (Å²) >= 11 is 11.2. The first-order chi connectivity index (χ1) is 25.5. The molecule has 3 heterocycles. The molecule has 3 aliphatic rings. The van der Waals surface area contributed by atoms with Gasteiger partial charge in [0.1, 0.15) is 17.2 Å². The Bertz CT molecular complexity index is 2060. The van der Waals surface area contributed by atoms with Gasteiger partial charge in [0.25, 0.3) is 11.8 Å². The lowest BCUT2D eigenvalue weighted by Crippen LogP contribution is -2.49. The minimum absolute atomic E-state index is 0.217. The summed E-state index contributed by atoms with van der Waals surface area (Å²) < 4.78 is 175. The summed E-state index contributed by atoms with van der Waals surface area (Å²) in [4.78, 5) is 25.0. The molecule has 8 nitrogen and oxygen atoms in total. The lowest BCUT2D eigenvalue weighted by Gasteiger charge is -2.37. The summed E-state index contributed by atoms with van der Waals surface area (Å²) in [6.07, 6.45) is -19.7. The Balaban J connectivity index is 0.000000253. The van der Waals surface area contributed by atoms with E-state index in [0.717, 1.165) is 30.3 Å². The average Bonchev–Trinajstić information content (AvgIpc) is 3.86. The quantitative estimate of drug-likeness (QED) is 0.391. The highest BCUT2D eigenvalue weighted by atomic mass is 35.5. The van der Waals surface area contributed by atoms with Gasteiger partial charge in [-0.15, -0.1) is 0 Å². The molecule has 2 aromatic carbocycles. The Morgan fingerprint density at radius 3 is 1.76 bits per heavy atom. The van der Waals surface area contributed by atoms with E-state index in [-0.39, 0.29) is 4.90 Å².